The van der Waals surface area contributed by atoms with Gasteiger partial charge in [-0.2, -0.15) is 0 Å². The van der Waals surface area contributed by atoms with Crippen LogP contribution in [0, 0.1) is 17.8 Å². The van der Waals surface area contributed by atoms with Gasteiger partial charge in [-0.25, -0.2) is 0 Å². The number of hydrogen-bond acceptors (Lipinski definition) is 2. The molecule has 0 unspecified atom stereocenters. The van der Waals surface area contributed by atoms with Crippen LogP contribution < -0.4 is 5.32 Å². The summed E-state index contributed by atoms with van der Waals surface area (Å²) in [6, 6.07) is 0. The average molecular weight is 108 g/mol. The molecule has 0 fully saturated rings. The highest BCUT2D eigenvalue weighted by Crippen LogP contribution is 1.79. The van der Waals surface area contributed by atoms with Crippen molar-refractivity contribution in [3.05, 3.63) is 11.8 Å². The van der Waals surface area contributed by atoms with Gasteiger partial charge < -0.3 is 10.7 Å². The van der Waals surface area contributed by atoms with E-state index in [-0.39, 0.29) is 0 Å². The zero-order chi connectivity index (χ0) is 6.41. The summed E-state index contributed by atoms with van der Waals surface area (Å²) >= 11 is 0. The minimum absolute atomic E-state index is 0.549. The molecule has 2 N–H and O–H groups in total. The normalized spacial score (nSPS) is 9.75. The summed E-state index contributed by atoms with van der Waals surface area (Å²) < 4.78 is 0. The highest BCUT2D eigenvalue weighted by Gasteiger charge is 1.77. The van der Waals surface area contributed by atoms with Crippen molar-refractivity contribution in [3.63, 3.8) is 0 Å². The average Bonchev–Trinajstić information content (AvgIpc) is 1.83. The molecule has 2 nitrogen and oxygen atoms in total. The van der Waals surface area contributed by atoms with Crippen LogP contribution in [0.5, 0.6) is 0 Å². The summed E-state index contributed by atoms with van der Waals surface area (Å²) in [5.41, 5.74) is 0.549. The molecule has 0 rings (SSSR count). The molecule has 0 aromatic rings. The van der Waals surface area contributed by atoms with Gasteiger partial charge >= 0.3 is 0 Å². The molecule has 0 aliphatic heterocycles. The fourth-order valence-corrected chi connectivity index (χ4v) is 0.281. The van der Waals surface area contributed by atoms with E-state index in [1.807, 2.05) is 0 Å². The molecule has 0 spiro atoms. The molecule has 0 bridgehead atoms. The Morgan fingerprint density at radius 1 is 1.88 bits per heavy atom. The predicted octanol–water partition coefficient (Wildman–Crippen LogP) is 0.372. The molecule has 0 amide bonds. The Kier molecular flexibility index (Phi) is 3.34. The number of allylic oxidation sites excluding steroid dienone is 1. The first-order chi connectivity index (χ1) is 3.85. The molecule has 0 saturated heterocycles. The molecule has 0 aromatic carbocycles. The summed E-state index contributed by atoms with van der Waals surface area (Å²) in [5.74, 6) is 2.31. The summed E-state index contributed by atoms with van der Waals surface area (Å²) in [4.78, 5) is 0. The van der Waals surface area contributed by atoms with Crippen molar-refractivity contribution in [1.29, 1.82) is 5.41 Å². The van der Waals surface area contributed by atoms with Crippen molar-refractivity contribution in [2.24, 2.45) is 0 Å². The van der Waals surface area contributed by atoms with Crippen molar-refractivity contribution in [3.8, 4) is 12.3 Å². The van der Waals surface area contributed by atoms with E-state index in [1.165, 1.54) is 0 Å². The van der Waals surface area contributed by atoms with E-state index in [9.17, 15) is 0 Å². The molecule has 0 atom stereocenters. The molecule has 0 radical (unpaired) electrons. The highest BCUT2D eigenvalue weighted by molar-refractivity contribution is 5.81. The van der Waals surface area contributed by atoms with Crippen LogP contribution in [0.25, 0.3) is 0 Å². The Morgan fingerprint density at radius 3 is 2.62 bits per heavy atom. The lowest BCUT2D eigenvalue weighted by molar-refractivity contribution is 1.10. The summed E-state index contributed by atoms with van der Waals surface area (Å²) in [6.07, 6.45) is 7.67. The third-order valence-corrected chi connectivity index (χ3v) is 0.622. The Bertz CT molecular complexity index is 139. The number of nitrogens with one attached hydrogen (secondary N) is 2. The molecule has 0 saturated carbocycles. The van der Waals surface area contributed by atoms with E-state index in [1.54, 1.807) is 13.2 Å². The summed E-state index contributed by atoms with van der Waals surface area (Å²) in [7, 11) is 1.74. The van der Waals surface area contributed by atoms with E-state index >= 15 is 0 Å². The molecule has 0 aliphatic carbocycles. The monoisotopic (exact) mass is 108 g/mol. The zero-order valence-corrected chi connectivity index (χ0v) is 4.73. The van der Waals surface area contributed by atoms with Crippen molar-refractivity contribution in [1.82, 2.24) is 5.32 Å². The molecule has 8 heavy (non-hydrogen) atoms. The standard InChI is InChI=1S/C6H8N2/c1-3-6(4-7)5-8-2/h1,4-5,7-8H,2H3/b6-5-,7-4?. The fourth-order valence-electron chi connectivity index (χ4n) is 0.281. The quantitative estimate of drug-likeness (QED) is 0.389. The third kappa shape index (κ3) is 2.04. The van der Waals surface area contributed by atoms with Crippen LogP contribution in [0.4, 0.5) is 0 Å². The van der Waals surface area contributed by atoms with Gasteiger partial charge in [0, 0.05) is 19.5 Å². The smallest absolute Gasteiger partial charge is 0.0574 e. The molecule has 42 valence electrons. The van der Waals surface area contributed by atoms with Crippen LogP contribution in [0.2, 0.25) is 0 Å². The lowest BCUT2D eigenvalue weighted by Gasteiger charge is -1.85. The van der Waals surface area contributed by atoms with Crippen molar-refractivity contribution < 1.29 is 0 Å². The number of hydrogen-bond donors (Lipinski definition) is 2. The van der Waals surface area contributed by atoms with Crippen molar-refractivity contribution in [2.75, 3.05) is 7.05 Å². The Hall–Kier alpha value is -1.23. The minimum atomic E-state index is 0.549. The van der Waals surface area contributed by atoms with Gasteiger partial charge in [-0.3, -0.25) is 0 Å². The second kappa shape index (κ2) is 3.94. The van der Waals surface area contributed by atoms with Crippen molar-refractivity contribution >= 4 is 6.21 Å². The summed E-state index contributed by atoms with van der Waals surface area (Å²) in [5, 5.41) is 9.40. The molecular formula is C6H8N2. The number of rotatable bonds is 2. The molecule has 0 aliphatic rings. The van der Waals surface area contributed by atoms with Crippen LogP contribution in [-0.2, 0) is 0 Å². The zero-order valence-electron chi connectivity index (χ0n) is 4.73. The van der Waals surface area contributed by atoms with E-state index in [2.05, 4.69) is 11.2 Å². The molecule has 0 aromatic heterocycles. The highest BCUT2D eigenvalue weighted by atomic mass is 14.8. The van der Waals surface area contributed by atoms with Gasteiger partial charge in [-0.1, -0.05) is 5.92 Å². The maximum Gasteiger partial charge on any atom is 0.0574 e. The molecule has 0 heterocycles. The van der Waals surface area contributed by atoms with Gasteiger partial charge in [0.25, 0.3) is 0 Å². The first-order valence-corrected chi connectivity index (χ1v) is 2.19. The Labute approximate surface area is 49.1 Å². The third-order valence-electron chi connectivity index (χ3n) is 0.622. The SMILES string of the molecule is C#C/C(C=N)=C/NC. The van der Waals surface area contributed by atoms with Crippen LogP contribution >= 0.6 is 0 Å². The van der Waals surface area contributed by atoms with Crippen LogP contribution in [0.15, 0.2) is 11.8 Å². The van der Waals surface area contributed by atoms with E-state index in [0.717, 1.165) is 6.21 Å². The number of terminal acetylenes is 1. The Morgan fingerprint density at radius 2 is 2.50 bits per heavy atom. The van der Waals surface area contributed by atoms with E-state index in [0.29, 0.717) is 5.57 Å². The van der Waals surface area contributed by atoms with Crippen LogP contribution in [-0.4, -0.2) is 13.3 Å². The lowest BCUT2D eigenvalue weighted by atomic mass is 10.3. The minimum Gasteiger partial charge on any atom is -0.393 e. The molecular weight excluding hydrogens is 100 g/mol. The lowest BCUT2D eigenvalue weighted by Crippen LogP contribution is -1.95. The van der Waals surface area contributed by atoms with Gasteiger partial charge in [-0.15, -0.1) is 6.42 Å². The first-order valence-electron chi connectivity index (χ1n) is 2.19. The predicted molar refractivity (Wildman–Crippen MR) is 34.8 cm³/mol. The van der Waals surface area contributed by atoms with Crippen LogP contribution in [0.3, 0.4) is 0 Å². The molecule has 2 heteroatoms. The largest absolute Gasteiger partial charge is 0.393 e. The van der Waals surface area contributed by atoms with E-state index < -0.39 is 0 Å². The first kappa shape index (κ1) is 6.77. The van der Waals surface area contributed by atoms with Crippen molar-refractivity contribution in [2.45, 2.75) is 0 Å². The second-order valence-corrected chi connectivity index (χ2v) is 1.18. The summed E-state index contributed by atoms with van der Waals surface area (Å²) in [6.45, 7) is 0. The van der Waals surface area contributed by atoms with Gasteiger partial charge in [0.05, 0.1) is 5.57 Å². The Balaban J connectivity index is 3.92. The maximum atomic E-state index is 6.69. The van der Waals surface area contributed by atoms with Gasteiger partial charge in [0.1, 0.15) is 0 Å². The van der Waals surface area contributed by atoms with Crippen LogP contribution in [0.1, 0.15) is 0 Å². The van der Waals surface area contributed by atoms with Gasteiger partial charge in [0.15, 0.2) is 0 Å². The topological polar surface area (TPSA) is 35.9 Å². The maximum absolute atomic E-state index is 6.69. The van der Waals surface area contributed by atoms with Gasteiger partial charge in [0.2, 0.25) is 0 Å². The fraction of sp³-hybridized carbons (Fsp3) is 0.167. The van der Waals surface area contributed by atoms with E-state index in [4.69, 9.17) is 11.8 Å². The second-order valence-electron chi connectivity index (χ2n) is 1.18. The van der Waals surface area contributed by atoms with Gasteiger partial charge in [-0.05, 0) is 0 Å².